The molecule has 0 aliphatic carbocycles. The zero-order valence-electron chi connectivity index (χ0n) is 24.7. The van der Waals surface area contributed by atoms with E-state index in [1.165, 1.54) is 12.7 Å². The van der Waals surface area contributed by atoms with Gasteiger partial charge in [0.05, 0.1) is 54.3 Å². The fourth-order valence-corrected chi connectivity index (χ4v) is 4.55. The van der Waals surface area contributed by atoms with Gasteiger partial charge in [0.1, 0.15) is 11.6 Å². The van der Waals surface area contributed by atoms with Crippen LogP contribution >= 0.6 is 39.1 Å². The number of carbonyl (C=O) groups is 2. The smallest absolute Gasteiger partial charge is 0.339 e. The molecule has 1 heterocycles. The van der Waals surface area contributed by atoms with Gasteiger partial charge < -0.3 is 24.3 Å². The Morgan fingerprint density at radius 3 is 2.00 bits per heavy atom. The Balaban J connectivity index is 0.000000340. The maximum Gasteiger partial charge on any atom is 0.339 e. The SMILES string of the molecule is CCOC(=O)c1cc(-c2cc(NCCc3ccc(OC)cc3)nc(OC)n2)ccc1Cl.CCOC(=O)c1cc(Br)ccc1Cl. The second-order valence-corrected chi connectivity index (χ2v) is 10.6. The van der Waals surface area contributed by atoms with Crippen molar-refractivity contribution in [2.75, 3.05) is 39.3 Å². The van der Waals surface area contributed by atoms with Gasteiger partial charge in [0.15, 0.2) is 0 Å². The second-order valence-electron chi connectivity index (χ2n) is 8.91. The fourth-order valence-electron chi connectivity index (χ4n) is 3.79. The first-order chi connectivity index (χ1) is 21.2. The van der Waals surface area contributed by atoms with Crippen LogP contribution in [0.25, 0.3) is 11.3 Å². The number of methoxy groups -OCH3 is 2. The van der Waals surface area contributed by atoms with Crippen LogP contribution in [0.4, 0.5) is 5.82 Å². The number of halogens is 3. The first kappa shape index (κ1) is 34.6. The number of benzene rings is 3. The molecule has 1 N–H and O–H groups in total. The highest BCUT2D eigenvalue weighted by Gasteiger charge is 2.15. The molecule has 232 valence electrons. The van der Waals surface area contributed by atoms with Crippen LogP contribution < -0.4 is 14.8 Å². The first-order valence-electron chi connectivity index (χ1n) is 13.6. The lowest BCUT2D eigenvalue weighted by molar-refractivity contribution is 0.0517. The van der Waals surface area contributed by atoms with Gasteiger partial charge in [0.2, 0.25) is 0 Å². The molecule has 9 nitrogen and oxygen atoms in total. The number of rotatable bonds is 11. The standard InChI is InChI=1S/C23H24ClN3O4.C9H8BrClO2/c1-4-31-22(28)18-13-16(7-10-19(18)24)20-14-21(27-23(26-20)30-3)25-12-11-15-5-8-17(29-2)9-6-15;1-2-13-9(12)7-5-6(10)3-4-8(7)11/h5-10,13-14H,4,11-12H2,1-3H3,(H,25,26,27);3-5H,2H2,1H3. The molecule has 0 radical (unpaired) electrons. The molecule has 0 fully saturated rings. The van der Waals surface area contributed by atoms with Crippen LogP contribution in [0, 0.1) is 0 Å². The van der Waals surface area contributed by atoms with E-state index in [9.17, 15) is 9.59 Å². The van der Waals surface area contributed by atoms with Crippen molar-refractivity contribution in [1.29, 1.82) is 0 Å². The summed E-state index contributed by atoms with van der Waals surface area (Å²) in [6.45, 7) is 4.78. The molecule has 0 amide bonds. The quantitative estimate of drug-likeness (QED) is 0.156. The number of hydrogen-bond donors (Lipinski definition) is 1. The summed E-state index contributed by atoms with van der Waals surface area (Å²) in [6, 6.07) is 20.1. The number of nitrogens with one attached hydrogen (secondary N) is 1. The van der Waals surface area contributed by atoms with Gasteiger partial charge in [-0.25, -0.2) is 9.59 Å². The predicted molar refractivity (Wildman–Crippen MR) is 175 cm³/mol. The predicted octanol–water partition coefficient (Wildman–Crippen LogP) is 7.92. The van der Waals surface area contributed by atoms with Crippen molar-refractivity contribution in [3.05, 3.63) is 97.9 Å². The van der Waals surface area contributed by atoms with Crippen molar-refractivity contribution in [1.82, 2.24) is 9.97 Å². The summed E-state index contributed by atoms with van der Waals surface area (Å²) in [5, 5.41) is 4.02. The Hall–Kier alpha value is -3.86. The second kappa shape index (κ2) is 17.4. The number of hydrogen-bond acceptors (Lipinski definition) is 9. The maximum absolute atomic E-state index is 12.2. The van der Waals surface area contributed by atoms with E-state index >= 15 is 0 Å². The Morgan fingerprint density at radius 1 is 0.795 bits per heavy atom. The lowest BCUT2D eigenvalue weighted by Gasteiger charge is -2.11. The fraction of sp³-hybridized carbons (Fsp3) is 0.250. The summed E-state index contributed by atoms with van der Waals surface area (Å²) in [4.78, 5) is 32.2. The average Bonchev–Trinajstić information content (AvgIpc) is 3.03. The topological polar surface area (TPSA) is 109 Å². The monoisotopic (exact) mass is 703 g/mol. The first-order valence-corrected chi connectivity index (χ1v) is 15.1. The van der Waals surface area contributed by atoms with Crippen LogP contribution in [-0.4, -0.2) is 55.9 Å². The van der Waals surface area contributed by atoms with Crippen molar-refractivity contribution in [3.8, 4) is 23.0 Å². The van der Waals surface area contributed by atoms with Crippen molar-refractivity contribution < 1.29 is 28.5 Å². The van der Waals surface area contributed by atoms with Crippen molar-refractivity contribution in [2.45, 2.75) is 20.3 Å². The third kappa shape index (κ3) is 10.1. The van der Waals surface area contributed by atoms with E-state index in [4.69, 9.17) is 42.1 Å². The molecule has 0 spiro atoms. The highest BCUT2D eigenvalue weighted by Crippen LogP contribution is 2.27. The lowest BCUT2D eigenvalue weighted by atomic mass is 10.1. The summed E-state index contributed by atoms with van der Waals surface area (Å²) in [5.74, 6) is 0.567. The van der Waals surface area contributed by atoms with E-state index in [-0.39, 0.29) is 18.2 Å². The summed E-state index contributed by atoms with van der Waals surface area (Å²) in [7, 11) is 3.15. The molecule has 0 aliphatic heterocycles. The molecule has 4 rings (SSSR count). The third-order valence-corrected chi connectivity index (χ3v) is 7.10. The molecule has 0 aliphatic rings. The molecular formula is C32H32BrCl2N3O6. The third-order valence-electron chi connectivity index (χ3n) is 5.95. The Morgan fingerprint density at radius 2 is 1.41 bits per heavy atom. The minimum absolute atomic E-state index is 0.220. The minimum atomic E-state index is -0.479. The van der Waals surface area contributed by atoms with Crippen LogP contribution in [0.1, 0.15) is 40.1 Å². The molecule has 0 saturated carbocycles. The van der Waals surface area contributed by atoms with Crippen LogP contribution in [0.3, 0.4) is 0 Å². The molecule has 44 heavy (non-hydrogen) atoms. The van der Waals surface area contributed by atoms with Crippen molar-refractivity contribution in [3.63, 3.8) is 0 Å². The van der Waals surface area contributed by atoms with E-state index in [1.807, 2.05) is 24.3 Å². The van der Waals surface area contributed by atoms with Gasteiger partial charge in [-0.05, 0) is 68.3 Å². The van der Waals surface area contributed by atoms with Crippen LogP contribution in [0.5, 0.6) is 11.8 Å². The largest absolute Gasteiger partial charge is 0.497 e. The van der Waals surface area contributed by atoms with Gasteiger partial charge in [-0.1, -0.05) is 57.3 Å². The van der Waals surface area contributed by atoms with Crippen molar-refractivity contribution >= 4 is 56.9 Å². The van der Waals surface area contributed by atoms with E-state index in [0.717, 1.165) is 16.6 Å². The molecule has 0 atom stereocenters. The van der Waals surface area contributed by atoms with E-state index in [2.05, 4.69) is 31.2 Å². The number of ether oxygens (including phenoxy) is 4. The maximum atomic E-state index is 12.2. The number of aromatic nitrogens is 2. The van der Waals surface area contributed by atoms with Gasteiger partial charge in [-0.15, -0.1) is 0 Å². The number of esters is 2. The van der Waals surface area contributed by atoms with Crippen LogP contribution in [0.15, 0.2) is 71.2 Å². The Kier molecular flexibility index (Phi) is 13.7. The molecule has 3 aromatic carbocycles. The summed E-state index contributed by atoms with van der Waals surface area (Å²) < 4.78 is 21.1. The molecule has 0 unspecified atom stereocenters. The van der Waals surface area contributed by atoms with Crippen LogP contribution in [-0.2, 0) is 15.9 Å². The zero-order chi connectivity index (χ0) is 32.1. The summed E-state index contributed by atoms with van der Waals surface area (Å²) >= 11 is 15.2. The molecule has 4 aromatic rings. The van der Waals surface area contributed by atoms with Gasteiger partial charge in [0, 0.05) is 22.6 Å². The van der Waals surface area contributed by atoms with Gasteiger partial charge in [0.25, 0.3) is 0 Å². The van der Waals surface area contributed by atoms with Gasteiger partial charge in [-0.2, -0.15) is 9.97 Å². The van der Waals surface area contributed by atoms with E-state index in [0.29, 0.717) is 45.8 Å². The molecule has 0 saturated heterocycles. The number of carbonyl (C=O) groups excluding carboxylic acids is 2. The normalized spacial score (nSPS) is 10.2. The minimum Gasteiger partial charge on any atom is -0.497 e. The number of anilines is 1. The van der Waals surface area contributed by atoms with Crippen molar-refractivity contribution in [2.24, 2.45) is 0 Å². The Labute approximate surface area is 274 Å². The van der Waals surface area contributed by atoms with Gasteiger partial charge in [-0.3, -0.25) is 0 Å². The highest BCUT2D eigenvalue weighted by atomic mass is 79.9. The number of nitrogens with zero attached hydrogens (tertiary/aromatic N) is 2. The molecule has 0 bridgehead atoms. The highest BCUT2D eigenvalue weighted by molar-refractivity contribution is 9.10. The summed E-state index contributed by atoms with van der Waals surface area (Å²) in [5.41, 5.74) is 3.14. The van der Waals surface area contributed by atoms with Crippen LogP contribution in [0.2, 0.25) is 10.0 Å². The Bertz CT molecular complexity index is 1570. The summed E-state index contributed by atoms with van der Waals surface area (Å²) in [6.07, 6.45) is 0.805. The molecule has 12 heteroatoms. The molecule has 1 aromatic heterocycles. The zero-order valence-corrected chi connectivity index (χ0v) is 27.8. The average molecular weight is 705 g/mol. The van der Waals surface area contributed by atoms with Gasteiger partial charge >= 0.3 is 17.9 Å². The lowest BCUT2D eigenvalue weighted by Crippen LogP contribution is -2.08. The van der Waals surface area contributed by atoms with E-state index < -0.39 is 11.9 Å². The van der Waals surface area contributed by atoms with E-state index in [1.54, 1.807) is 63.4 Å². The molecular weight excluding hydrogens is 673 g/mol.